The first kappa shape index (κ1) is 17.7. The number of thioether (sulfide) groups is 1. The Morgan fingerprint density at radius 2 is 1.96 bits per heavy atom. The number of carbonyl (C=O) groups is 2. The molecule has 27 heavy (non-hydrogen) atoms. The number of amides is 2. The maximum atomic E-state index is 13.0. The number of hydrogen-bond acceptors (Lipinski definition) is 6. The van der Waals surface area contributed by atoms with Crippen molar-refractivity contribution in [2.75, 3.05) is 4.90 Å². The number of fused-ring (bicyclic) bond motifs is 1. The number of hydrogen-bond donors (Lipinski definition) is 0. The molecule has 1 atom stereocenters. The highest BCUT2D eigenvalue weighted by molar-refractivity contribution is 8.00. The Kier molecular flexibility index (Phi) is 4.43. The van der Waals surface area contributed by atoms with Gasteiger partial charge in [0.25, 0.3) is 5.78 Å². The van der Waals surface area contributed by atoms with Gasteiger partial charge >= 0.3 is 0 Å². The van der Waals surface area contributed by atoms with E-state index in [-0.39, 0.29) is 18.2 Å². The van der Waals surface area contributed by atoms with E-state index in [0.717, 1.165) is 23.4 Å². The number of rotatable bonds is 4. The largest absolute Gasteiger partial charge is 0.274 e. The van der Waals surface area contributed by atoms with Crippen LogP contribution in [0.1, 0.15) is 30.3 Å². The molecule has 138 valence electrons. The Labute approximate surface area is 160 Å². The van der Waals surface area contributed by atoms with Gasteiger partial charge in [0.2, 0.25) is 11.8 Å². The molecule has 0 spiro atoms. The standard InChI is InChI=1S/C19H19N5O2S/c1-4-13-7-5-6-8-14(13)24-16(25)10-15(17(24)26)27-19-22-21-18-20-11(2)9-12(3)23(18)19/h5-9,15H,4,10H2,1-3H3/t15-/m1/s1. The van der Waals surface area contributed by atoms with Gasteiger partial charge in [-0.2, -0.15) is 0 Å². The molecule has 0 aliphatic carbocycles. The number of para-hydroxylation sites is 1. The number of imide groups is 1. The molecule has 1 fully saturated rings. The minimum absolute atomic E-state index is 0.148. The smallest absolute Gasteiger partial charge is 0.256 e. The average molecular weight is 381 g/mol. The van der Waals surface area contributed by atoms with Gasteiger partial charge in [-0.1, -0.05) is 36.9 Å². The Morgan fingerprint density at radius 3 is 2.74 bits per heavy atom. The molecule has 7 nitrogen and oxygen atoms in total. The zero-order valence-electron chi connectivity index (χ0n) is 15.3. The molecule has 3 aromatic rings. The Hall–Kier alpha value is -2.74. The summed E-state index contributed by atoms with van der Waals surface area (Å²) < 4.78 is 1.82. The van der Waals surface area contributed by atoms with Crippen LogP contribution in [0, 0.1) is 13.8 Å². The second kappa shape index (κ2) is 6.77. The van der Waals surface area contributed by atoms with Crippen LogP contribution in [0.4, 0.5) is 5.69 Å². The van der Waals surface area contributed by atoms with Crippen LogP contribution in [0.2, 0.25) is 0 Å². The van der Waals surface area contributed by atoms with Gasteiger partial charge in [-0.05, 0) is 38.0 Å². The van der Waals surface area contributed by atoms with Crippen molar-refractivity contribution < 1.29 is 9.59 Å². The van der Waals surface area contributed by atoms with E-state index in [1.165, 1.54) is 16.7 Å². The molecule has 0 unspecified atom stereocenters. The molecule has 0 saturated carbocycles. The fourth-order valence-corrected chi connectivity index (χ4v) is 4.49. The van der Waals surface area contributed by atoms with Gasteiger partial charge in [0.1, 0.15) is 5.25 Å². The van der Waals surface area contributed by atoms with Crippen LogP contribution in [0.3, 0.4) is 0 Å². The zero-order chi connectivity index (χ0) is 19.1. The summed E-state index contributed by atoms with van der Waals surface area (Å²) in [4.78, 5) is 31.3. The minimum Gasteiger partial charge on any atom is -0.274 e. The van der Waals surface area contributed by atoms with Crippen molar-refractivity contribution in [2.45, 2.75) is 44.0 Å². The molecule has 2 amide bonds. The fraction of sp³-hybridized carbons (Fsp3) is 0.316. The van der Waals surface area contributed by atoms with E-state index in [2.05, 4.69) is 15.2 Å². The molecular formula is C19H19N5O2S. The van der Waals surface area contributed by atoms with E-state index < -0.39 is 5.25 Å². The van der Waals surface area contributed by atoms with Crippen LogP contribution in [0.15, 0.2) is 35.5 Å². The molecule has 0 bridgehead atoms. The van der Waals surface area contributed by atoms with Crippen molar-refractivity contribution in [1.82, 2.24) is 19.6 Å². The summed E-state index contributed by atoms with van der Waals surface area (Å²) in [5.41, 5.74) is 3.46. The topological polar surface area (TPSA) is 80.5 Å². The summed E-state index contributed by atoms with van der Waals surface area (Å²) in [6.07, 6.45) is 0.902. The van der Waals surface area contributed by atoms with Crippen LogP contribution in [0.25, 0.3) is 5.78 Å². The quantitative estimate of drug-likeness (QED) is 0.647. The monoisotopic (exact) mass is 381 g/mol. The first-order valence-corrected chi connectivity index (χ1v) is 9.68. The zero-order valence-corrected chi connectivity index (χ0v) is 16.2. The van der Waals surface area contributed by atoms with Crippen molar-refractivity contribution in [1.29, 1.82) is 0 Å². The van der Waals surface area contributed by atoms with E-state index in [0.29, 0.717) is 16.6 Å². The highest BCUT2D eigenvalue weighted by Crippen LogP contribution is 2.35. The molecule has 1 aromatic carbocycles. The van der Waals surface area contributed by atoms with Crippen LogP contribution >= 0.6 is 11.8 Å². The summed E-state index contributed by atoms with van der Waals surface area (Å²) in [6, 6.07) is 9.47. The molecule has 1 saturated heterocycles. The number of benzene rings is 1. The maximum Gasteiger partial charge on any atom is 0.256 e. The average Bonchev–Trinajstić information content (AvgIpc) is 3.16. The van der Waals surface area contributed by atoms with E-state index in [1.54, 1.807) is 0 Å². The highest BCUT2D eigenvalue weighted by atomic mass is 32.2. The van der Waals surface area contributed by atoms with Crippen molar-refractivity contribution in [2.24, 2.45) is 0 Å². The Morgan fingerprint density at radius 1 is 1.19 bits per heavy atom. The molecule has 0 N–H and O–H groups in total. The predicted molar refractivity (Wildman–Crippen MR) is 103 cm³/mol. The summed E-state index contributed by atoms with van der Waals surface area (Å²) in [5, 5.41) is 8.34. The number of aryl methyl sites for hydroxylation is 3. The molecule has 4 rings (SSSR count). The van der Waals surface area contributed by atoms with E-state index >= 15 is 0 Å². The van der Waals surface area contributed by atoms with Crippen LogP contribution < -0.4 is 4.90 Å². The lowest BCUT2D eigenvalue weighted by atomic mass is 10.1. The van der Waals surface area contributed by atoms with E-state index in [1.807, 2.05) is 55.5 Å². The molecule has 2 aromatic heterocycles. The number of carbonyl (C=O) groups excluding carboxylic acids is 2. The van der Waals surface area contributed by atoms with Gasteiger partial charge in [-0.25, -0.2) is 9.88 Å². The van der Waals surface area contributed by atoms with Crippen LogP contribution in [-0.4, -0.2) is 36.6 Å². The van der Waals surface area contributed by atoms with Crippen molar-refractivity contribution in [3.63, 3.8) is 0 Å². The third kappa shape index (κ3) is 2.99. The van der Waals surface area contributed by atoms with Crippen molar-refractivity contribution in [3.05, 3.63) is 47.3 Å². The van der Waals surface area contributed by atoms with E-state index in [9.17, 15) is 9.59 Å². The molecular weight excluding hydrogens is 362 g/mol. The first-order chi connectivity index (χ1) is 13.0. The Bertz CT molecular complexity index is 1060. The summed E-state index contributed by atoms with van der Waals surface area (Å²) in [6.45, 7) is 5.85. The molecule has 1 aliphatic rings. The highest BCUT2D eigenvalue weighted by Gasteiger charge is 2.41. The number of nitrogens with zero attached hydrogens (tertiary/aromatic N) is 5. The minimum atomic E-state index is -0.518. The third-order valence-corrected chi connectivity index (χ3v) is 5.76. The van der Waals surface area contributed by atoms with Crippen LogP contribution in [0.5, 0.6) is 0 Å². The van der Waals surface area contributed by atoms with Gasteiger partial charge in [0, 0.05) is 17.8 Å². The second-order valence-electron chi connectivity index (χ2n) is 6.52. The van der Waals surface area contributed by atoms with Gasteiger partial charge in [0.15, 0.2) is 5.16 Å². The molecule has 8 heteroatoms. The molecule has 0 radical (unpaired) electrons. The molecule has 1 aliphatic heterocycles. The summed E-state index contributed by atoms with van der Waals surface area (Å²) in [5.74, 6) is 0.109. The van der Waals surface area contributed by atoms with Gasteiger partial charge in [-0.3, -0.25) is 14.0 Å². The van der Waals surface area contributed by atoms with Gasteiger partial charge in [-0.15, -0.1) is 10.2 Å². The van der Waals surface area contributed by atoms with Gasteiger partial charge < -0.3 is 0 Å². The number of anilines is 1. The summed E-state index contributed by atoms with van der Waals surface area (Å²) in [7, 11) is 0. The Balaban J connectivity index is 1.65. The van der Waals surface area contributed by atoms with Crippen LogP contribution in [-0.2, 0) is 16.0 Å². The second-order valence-corrected chi connectivity index (χ2v) is 7.69. The summed E-state index contributed by atoms with van der Waals surface area (Å²) >= 11 is 1.27. The van der Waals surface area contributed by atoms with Crippen molar-refractivity contribution >= 4 is 35.0 Å². The lowest BCUT2D eigenvalue weighted by molar-refractivity contribution is -0.121. The maximum absolute atomic E-state index is 13.0. The predicted octanol–water partition coefficient (Wildman–Crippen LogP) is 2.73. The lowest BCUT2D eigenvalue weighted by Crippen LogP contribution is -2.32. The third-order valence-electron chi connectivity index (χ3n) is 4.63. The lowest BCUT2D eigenvalue weighted by Gasteiger charge is -2.18. The van der Waals surface area contributed by atoms with Gasteiger partial charge in [0.05, 0.1) is 5.69 Å². The SMILES string of the molecule is CCc1ccccc1N1C(=O)C[C@@H](Sc2nnc3nc(C)cc(C)n23)C1=O. The first-order valence-electron chi connectivity index (χ1n) is 8.80. The van der Waals surface area contributed by atoms with Crippen molar-refractivity contribution in [3.8, 4) is 0 Å². The number of aromatic nitrogens is 4. The normalized spacial score (nSPS) is 17.3. The van der Waals surface area contributed by atoms with E-state index in [4.69, 9.17) is 0 Å². The fourth-order valence-electron chi connectivity index (χ4n) is 3.38. The molecule has 3 heterocycles.